The highest BCUT2D eigenvalue weighted by Crippen LogP contribution is 2.28. The number of thiophene rings is 1. The van der Waals surface area contributed by atoms with E-state index >= 15 is 0 Å². The first-order chi connectivity index (χ1) is 12.6. The molecule has 1 heterocycles. The first-order valence-corrected chi connectivity index (χ1v) is 8.89. The summed E-state index contributed by atoms with van der Waals surface area (Å²) >= 11 is 1.43. The zero-order valence-corrected chi connectivity index (χ0v) is 15.8. The number of carbonyl (C=O) groups excluding carboxylic acids is 2. The molecule has 1 amide bonds. The van der Waals surface area contributed by atoms with Crippen molar-refractivity contribution >= 4 is 23.4 Å². The Kier molecular flexibility index (Phi) is 7.23. The lowest BCUT2D eigenvalue weighted by molar-refractivity contribution is -0.136. The number of benzene rings is 1. The van der Waals surface area contributed by atoms with Gasteiger partial charge in [-0.3, -0.25) is 0 Å². The van der Waals surface area contributed by atoms with Crippen molar-refractivity contribution in [1.82, 2.24) is 10.6 Å². The molecule has 0 aliphatic carbocycles. The molecule has 1 atom stereocenters. The van der Waals surface area contributed by atoms with Crippen molar-refractivity contribution in [3.63, 3.8) is 0 Å². The summed E-state index contributed by atoms with van der Waals surface area (Å²) in [5.74, 6) is -0.516. The predicted octanol–water partition coefficient (Wildman–Crippen LogP) is 3.38. The quantitative estimate of drug-likeness (QED) is 0.574. The number of alkyl carbamates (subject to hydrolysis) is 1. The maximum absolute atomic E-state index is 12.5. The normalized spacial score (nSPS) is 12.6. The second-order valence-electron chi connectivity index (χ2n) is 5.45. The third-order valence-electron chi connectivity index (χ3n) is 3.77. The molecule has 6 nitrogen and oxygen atoms in total. The Morgan fingerprint density at radius 3 is 2.38 bits per heavy atom. The van der Waals surface area contributed by atoms with Gasteiger partial charge in [-0.15, -0.1) is 11.3 Å². The van der Waals surface area contributed by atoms with Gasteiger partial charge in [-0.25, -0.2) is 9.59 Å². The SMILES string of the molecule is COC(=O)N[C@H](/C(C(=O)OC)=C(\C)NCc1ccccc1)c1cccs1. The first kappa shape index (κ1) is 19.5. The number of nitrogens with one attached hydrogen (secondary N) is 2. The summed E-state index contributed by atoms with van der Waals surface area (Å²) < 4.78 is 9.67. The van der Waals surface area contributed by atoms with Gasteiger partial charge in [-0.1, -0.05) is 36.4 Å². The van der Waals surface area contributed by atoms with Crippen molar-refractivity contribution in [3.8, 4) is 0 Å². The summed E-state index contributed by atoms with van der Waals surface area (Å²) in [4.78, 5) is 25.1. The van der Waals surface area contributed by atoms with Gasteiger partial charge in [0.2, 0.25) is 0 Å². The number of hydrogen-bond acceptors (Lipinski definition) is 6. The van der Waals surface area contributed by atoms with Gasteiger partial charge in [-0.2, -0.15) is 0 Å². The molecule has 0 radical (unpaired) electrons. The Bertz CT molecular complexity index is 757. The topological polar surface area (TPSA) is 76.7 Å². The van der Waals surface area contributed by atoms with Gasteiger partial charge in [0.05, 0.1) is 19.8 Å². The average molecular weight is 374 g/mol. The van der Waals surface area contributed by atoms with Crippen LogP contribution in [0.1, 0.15) is 23.4 Å². The fourth-order valence-corrected chi connectivity index (χ4v) is 3.23. The molecule has 0 aliphatic rings. The third-order valence-corrected chi connectivity index (χ3v) is 4.71. The maximum atomic E-state index is 12.5. The zero-order chi connectivity index (χ0) is 18.9. The largest absolute Gasteiger partial charge is 0.466 e. The number of esters is 1. The smallest absolute Gasteiger partial charge is 0.407 e. The molecule has 26 heavy (non-hydrogen) atoms. The molecule has 0 unspecified atom stereocenters. The number of allylic oxidation sites excluding steroid dienone is 1. The van der Waals surface area contributed by atoms with Gasteiger partial charge in [-0.05, 0) is 23.9 Å². The molecule has 0 aliphatic heterocycles. The molecule has 0 fully saturated rings. The molecule has 0 bridgehead atoms. The Morgan fingerprint density at radius 1 is 1.08 bits per heavy atom. The molecular weight excluding hydrogens is 352 g/mol. The van der Waals surface area contributed by atoms with Crippen molar-refractivity contribution in [1.29, 1.82) is 0 Å². The van der Waals surface area contributed by atoms with Crippen LogP contribution in [0.15, 0.2) is 59.1 Å². The maximum Gasteiger partial charge on any atom is 0.407 e. The van der Waals surface area contributed by atoms with E-state index < -0.39 is 18.1 Å². The Balaban J connectivity index is 2.34. The van der Waals surface area contributed by atoms with Crippen LogP contribution in [0.2, 0.25) is 0 Å². The van der Waals surface area contributed by atoms with Crippen molar-refractivity contribution in [2.24, 2.45) is 0 Å². The van der Waals surface area contributed by atoms with Crippen LogP contribution >= 0.6 is 11.3 Å². The molecule has 1 aromatic carbocycles. The summed E-state index contributed by atoms with van der Waals surface area (Å²) in [7, 11) is 2.60. The second kappa shape index (κ2) is 9.62. The van der Waals surface area contributed by atoms with Crippen LogP contribution < -0.4 is 10.6 Å². The van der Waals surface area contributed by atoms with E-state index in [0.29, 0.717) is 17.8 Å². The van der Waals surface area contributed by atoms with E-state index in [1.807, 2.05) is 47.8 Å². The minimum Gasteiger partial charge on any atom is -0.466 e. The van der Waals surface area contributed by atoms with Gasteiger partial charge in [0.15, 0.2) is 0 Å². The van der Waals surface area contributed by atoms with Crippen LogP contribution in [0.3, 0.4) is 0 Å². The van der Waals surface area contributed by atoms with E-state index in [4.69, 9.17) is 9.47 Å². The van der Waals surface area contributed by atoms with E-state index in [1.165, 1.54) is 25.6 Å². The molecule has 2 N–H and O–H groups in total. The summed E-state index contributed by atoms with van der Waals surface area (Å²) in [6.07, 6.45) is -0.624. The summed E-state index contributed by atoms with van der Waals surface area (Å²) in [5, 5.41) is 7.83. The summed E-state index contributed by atoms with van der Waals surface area (Å²) in [5.41, 5.74) is 2.02. The monoisotopic (exact) mass is 374 g/mol. The van der Waals surface area contributed by atoms with Gasteiger partial charge in [0, 0.05) is 17.1 Å². The van der Waals surface area contributed by atoms with E-state index in [2.05, 4.69) is 10.6 Å². The predicted molar refractivity (Wildman–Crippen MR) is 101 cm³/mol. The molecule has 0 saturated carbocycles. The fourth-order valence-electron chi connectivity index (χ4n) is 2.44. The number of carbonyl (C=O) groups is 2. The van der Waals surface area contributed by atoms with E-state index in [9.17, 15) is 9.59 Å². The van der Waals surface area contributed by atoms with Crippen LogP contribution in [-0.4, -0.2) is 26.3 Å². The molecular formula is C19H22N2O4S. The highest BCUT2D eigenvalue weighted by Gasteiger charge is 2.28. The van der Waals surface area contributed by atoms with E-state index in [-0.39, 0.29) is 0 Å². The Hall–Kier alpha value is -2.80. The van der Waals surface area contributed by atoms with Gasteiger partial charge < -0.3 is 20.1 Å². The number of amides is 1. The standard InChI is InChI=1S/C19H22N2O4S/c1-13(20-12-14-8-5-4-6-9-14)16(18(22)24-2)17(21-19(23)25-3)15-10-7-11-26-15/h4-11,17,20H,12H2,1-3H3,(H,21,23)/b16-13-/t17-/m0/s1. The highest BCUT2D eigenvalue weighted by atomic mass is 32.1. The lowest BCUT2D eigenvalue weighted by Gasteiger charge is -2.21. The molecule has 2 aromatic rings. The summed E-state index contributed by atoms with van der Waals surface area (Å²) in [6, 6.07) is 12.8. The highest BCUT2D eigenvalue weighted by molar-refractivity contribution is 7.10. The molecule has 138 valence electrons. The average Bonchev–Trinajstić information content (AvgIpc) is 3.20. The molecule has 0 spiro atoms. The van der Waals surface area contributed by atoms with Crippen molar-refractivity contribution in [2.75, 3.05) is 14.2 Å². The molecule has 7 heteroatoms. The van der Waals surface area contributed by atoms with Gasteiger partial charge in [0.25, 0.3) is 0 Å². The molecule has 0 saturated heterocycles. The minimum absolute atomic E-state index is 0.330. The number of rotatable bonds is 7. The van der Waals surface area contributed by atoms with Crippen LogP contribution in [0, 0.1) is 0 Å². The number of methoxy groups -OCH3 is 2. The zero-order valence-electron chi connectivity index (χ0n) is 14.9. The van der Waals surface area contributed by atoms with Crippen LogP contribution in [0.25, 0.3) is 0 Å². The Labute approximate surface area is 156 Å². The lowest BCUT2D eigenvalue weighted by atomic mass is 10.0. The number of hydrogen-bond donors (Lipinski definition) is 2. The fraction of sp³-hybridized carbons (Fsp3) is 0.263. The van der Waals surface area contributed by atoms with Gasteiger partial charge >= 0.3 is 12.1 Å². The minimum atomic E-state index is -0.668. The van der Waals surface area contributed by atoms with Crippen LogP contribution in [0.5, 0.6) is 0 Å². The molecule has 1 aromatic heterocycles. The van der Waals surface area contributed by atoms with Gasteiger partial charge in [0.1, 0.15) is 6.04 Å². The second-order valence-corrected chi connectivity index (χ2v) is 6.43. The lowest BCUT2D eigenvalue weighted by Crippen LogP contribution is -2.33. The van der Waals surface area contributed by atoms with Crippen molar-refractivity contribution in [2.45, 2.75) is 19.5 Å². The van der Waals surface area contributed by atoms with E-state index in [1.54, 1.807) is 6.92 Å². The Morgan fingerprint density at radius 2 is 1.81 bits per heavy atom. The molecule has 2 rings (SSSR count). The van der Waals surface area contributed by atoms with Crippen molar-refractivity contribution < 1.29 is 19.1 Å². The first-order valence-electron chi connectivity index (χ1n) is 8.01. The van der Waals surface area contributed by atoms with E-state index in [0.717, 1.165) is 10.4 Å². The number of ether oxygens (including phenoxy) is 2. The van der Waals surface area contributed by atoms with Crippen LogP contribution in [0.4, 0.5) is 4.79 Å². The van der Waals surface area contributed by atoms with Crippen LogP contribution in [-0.2, 0) is 20.8 Å². The van der Waals surface area contributed by atoms with Crippen molar-refractivity contribution in [3.05, 3.63) is 69.6 Å². The summed E-state index contributed by atoms with van der Waals surface area (Å²) in [6.45, 7) is 2.33. The third kappa shape index (κ3) is 5.10.